The number of rotatable bonds is 4. The van der Waals surface area contributed by atoms with E-state index in [1.807, 2.05) is 47.8 Å². The lowest BCUT2D eigenvalue weighted by atomic mass is 9.84. The standard InChI is InChI=1S/C15H18OS/c1-12(2)11-15(16,14-9-6-10-17-14)13-7-4-3-5-8-13/h3-10,12,16H,11H2,1-2H3. The number of hydrogen-bond acceptors (Lipinski definition) is 2. The maximum Gasteiger partial charge on any atom is 0.124 e. The van der Waals surface area contributed by atoms with Crippen LogP contribution < -0.4 is 0 Å². The van der Waals surface area contributed by atoms with Crippen molar-refractivity contribution < 1.29 is 5.11 Å². The van der Waals surface area contributed by atoms with Gasteiger partial charge in [-0.1, -0.05) is 50.2 Å². The largest absolute Gasteiger partial charge is 0.380 e. The van der Waals surface area contributed by atoms with E-state index in [0.717, 1.165) is 16.9 Å². The fourth-order valence-corrected chi connectivity index (χ4v) is 3.04. The van der Waals surface area contributed by atoms with Gasteiger partial charge in [-0.2, -0.15) is 0 Å². The van der Waals surface area contributed by atoms with Crippen molar-refractivity contribution in [1.29, 1.82) is 0 Å². The van der Waals surface area contributed by atoms with E-state index < -0.39 is 5.60 Å². The van der Waals surface area contributed by atoms with Gasteiger partial charge in [-0.15, -0.1) is 11.3 Å². The smallest absolute Gasteiger partial charge is 0.124 e. The molecule has 0 aliphatic rings. The third kappa shape index (κ3) is 2.59. The van der Waals surface area contributed by atoms with Gasteiger partial charge in [-0.25, -0.2) is 0 Å². The van der Waals surface area contributed by atoms with Gasteiger partial charge in [0.05, 0.1) is 0 Å². The van der Waals surface area contributed by atoms with Crippen LogP contribution in [0.4, 0.5) is 0 Å². The predicted octanol–water partition coefficient (Wildman–Crippen LogP) is 4.03. The molecule has 1 unspecified atom stereocenters. The second kappa shape index (κ2) is 5.03. The average Bonchev–Trinajstić information content (AvgIpc) is 2.83. The molecule has 0 fully saturated rings. The molecular weight excluding hydrogens is 228 g/mol. The maximum atomic E-state index is 11.0. The molecule has 1 nitrogen and oxygen atoms in total. The van der Waals surface area contributed by atoms with Crippen molar-refractivity contribution >= 4 is 11.3 Å². The van der Waals surface area contributed by atoms with Gasteiger partial charge in [0, 0.05) is 4.88 Å². The van der Waals surface area contributed by atoms with E-state index in [9.17, 15) is 5.11 Å². The summed E-state index contributed by atoms with van der Waals surface area (Å²) in [4.78, 5) is 1.03. The highest BCUT2D eigenvalue weighted by Gasteiger charge is 2.33. The lowest BCUT2D eigenvalue weighted by Crippen LogP contribution is -2.28. The minimum Gasteiger partial charge on any atom is -0.380 e. The highest BCUT2D eigenvalue weighted by molar-refractivity contribution is 7.10. The maximum absolute atomic E-state index is 11.0. The topological polar surface area (TPSA) is 20.2 Å². The molecule has 0 spiro atoms. The molecule has 1 heterocycles. The fraction of sp³-hybridized carbons (Fsp3) is 0.333. The van der Waals surface area contributed by atoms with Gasteiger partial charge >= 0.3 is 0 Å². The van der Waals surface area contributed by atoms with Gasteiger partial charge < -0.3 is 5.11 Å². The highest BCUT2D eigenvalue weighted by Crippen LogP contribution is 2.37. The first kappa shape index (κ1) is 12.3. The fourth-order valence-electron chi connectivity index (χ4n) is 2.18. The van der Waals surface area contributed by atoms with Gasteiger partial charge in [0.15, 0.2) is 0 Å². The molecule has 2 aromatic rings. The first-order chi connectivity index (χ1) is 8.13. The predicted molar refractivity (Wildman–Crippen MR) is 73.2 cm³/mol. The molecule has 2 rings (SSSR count). The summed E-state index contributed by atoms with van der Waals surface area (Å²) in [6.45, 7) is 4.28. The summed E-state index contributed by atoms with van der Waals surface area (Å²) in [6.07, 6.45) is 0.748. The molecule has 0 aliphatic carbocycles. The van der Waals surface area contributed by atoms with Crippen LogP contribution in [0.25, 0.3) is 0 Å². The third-order valence-corrected chi connectivity index (χ3v) is 3.90. The van der Waals surface area contributed by atoms with E-state index >= 15 is 0 Å². The molecule has 0 aliphatic heterocycles. The number of benzene rings is 1. The SMILES string of the molecule is CC(C)CC(O)(c1ccccc1)c1cccs1. The first-order valence-corrected chi connectivity index (χ1v) is 6.83. The zero-order chi connectivity index (χ0) is 12.3. The number of hydrogen-bond donors (Lipinski definition) is 1. The van der Waals surface area contributed by atoms with E-state index in [2.05, 4.69) is 13.8 Å². The summed E-state index contributed by atoms with van der Waals surface area (Å²) in [7, 11) is 0. The minimum atomic E-state index is -0.844. The lowest BCUT2D eigenvalue weighted by molar-refractivity contribution is 0.0611. The molecule has 1 aromatic heterocycles. The Hall–Kier alpha value is -1.12. The number of thiophene rings is 1. The third-order valence-electron chi connectivity index (χ3n) is 2.88. The first-order valence-electron chi connectivity index (χ1n) is 5.95. The Morgan fingerprint density at radius 2 is 1.82 bits per heavy atom. The summed E-state index contributed by atoms with van der Waals surface area (Å²) in [5, 5.41) is 13.0. The Bertz CT molecular complexity index is 447. The minimum absolute atomic E-state index is 0.447. The summed E-state index contributed by atoms with van der Waals surface area (Å²) >= 11 is 1.62. The van der Waals surface area contributed by atoms with E-state index in [4.69, 9.17) is 0 Å². The molecule has 1 aromatic carbocycles. The van der Waals surface area contributed by atoms with Crippen LogP contribution in [0.5, 0.6) is 0 Å². The van der Waals surface area contributed by atoms with E-state index in [-0.39, 0.29) is 0 Å². The molecule has 0 bridgehead atoms. The number of aliphatic hydroxyl groups is 1. The molecule has 0 saturated carbocycles. The summed E-state index contributed by atoms with van der Waals surface area (Å²) in [5.41, 5.74) is 0.139. The highest BCUT2D eigenvalue weighted by atomic mass is 32.1. The van der Waals surface area contributed by atoms with Crippen molar-refractivity contribution in [3.8, 4) is 0 Å². The van der Waals surface area contributed by atoms with E-state index in [1.54, 1.807) is 11.3 Å². The van der Waals surface area contributed by atoms with Crippen LogP contribution >= 0.6 is 11.3 Å². The molecule has 1 N–H and O–H groups in total. The van der Waals surface area contributed by atoms with Gasteiger partial charge in [0.1, 0.15) is 5.60 Å². The molecule has 0 radical (unpaired) electrons. The Kier molecular flexibility index (Phi) is 3.65. The van der Waals surface area contributed by atoms with Gasteiger partial charge in [-0.3, -0.25) is 0 Å². The molecular formula is C15H18OS. The zero-order valence-electron chi connectivity index (χ0n) is 10.3. The Labute approximate surface area is 107 Å². The Morgan fingerprint density at radius 3 is 2.35 bits per heavy atom. The lowest BCUT2D eigenvalue weighted by Gasteiger charge is -2.29. The van der Waals surface area contributed by atoms with Crippen LogP contribution in [0.3, 0.4) is 0 Å². The summed E-state index contributed by atoms with van der Waals surface area (Å²) in [5.74, 6) is 0.447. The van der Waals surface area contributed by atoms with Gasteiger partial charge in [-0.05, 0) is 29.3 Å². The van der Waals surface area contributed by atoms with Crippen LogP contribution in [-0.2, 0) is 5.60 Å². The van der Waals surface area contributed by atoms with Crippen LogP contribution in [0.2, 0.25) is 0 Å². The summed E-state index contributed by atoms with van der Waals surface area (Å²) < 4.78 is 0. The Balaban J connectivity index is 2.44. The quantitative estimate of drug-likeness (QED) is 0.863. The van der Waals surface area contributed by atoms with Crippen molar-refractivity contribution in [2.45, 2.75) is 25.9 Å². The van der Waals surface area contributed by atoms with Crippen molar-refractivity contribution in [2.75, 3.05) is 0 Å². The normalized spacial score (nSPS) is 14.8. The summed E-state index contributed by atoms with van der Waals surface area (Å²) in [6, 6.07) is 14.0. The monoisotopic (exact) mass is 246 g/mol. The second-order valence-corrected chi connectivity index (χ2v) is 5.75. The average molecular weight is 246 g/mol. The molecule has 17 heavy (non-hydrogen) atoms. The van der Waals surface area contributed by atoms with Crippen LogP contribution in [-0.4, -0.2) is 5.11 Å². The van der Waals surface area contributed by atoms with E-state index in [0.29, 0.717) is 5.92 Å². The van der Waals surface area contributed by atoms with Crippen molar-refractivity contribution in [3.63, 3.8) is 0 Å². The van der Waals surface area contributed by atoms with Crippen molar-refractivity contribution in [3.05, 3.63) is 58.3 Å². The second-order valence-electron chi connectivity index (χ2n) is 4.80. The molecule has 90 valence electrons. The van der Waals surface area contributed by atoms with Crippen LogP contribution in [0.1, 0.15) is 30.7 Å². The van der Waals surface area contributed by atoms with Crippen molar-refractivity contribution in [1.82, 2.24) is 0 Å². The van der Waals surface area contributed by atoms with Crippen LogP contribution in [0.15, 0.2) is 47.8 Å². The van der Waals surface area contributed by atoms with Gasteiger partial charge in [0.25, 0.3) is 0 Å². The molecule has 2 heteroatoms. The zero-order valence-corrected chi connectivity index (χ0v) is 11.1. The molecule has 0 saturated heterocycles. The van der Waals surface area contributed by atoms with E-state index in [1.165, 1.54) is 0 Å². The Morgan fingerprint density at radius 1 is 1.12 bits per heavy atom. The molecule has 0 amide bonds. The molecule has 1 atom stereocenters. The van der Waals surface area contributed by atoms with Crippen LogP contribution in [0, 0.1) is 5.92 Å². The van der Waals surface area contributed by atoms with Crippen molar-refractivity contribution in [2.24, 2.45) is 5.92 Å². The van der Waals surface area contributed by atoms with Gasteiger partial charge in [0.2, 0.25) is 0 Å².